The van der Waals surface area contributed by atoms with Gasteiger partial charge in [0, 0.05) is 29.5 Å². The first-order valence-corrected chi connectivity index (χ1v) is 8.90. The van der Waals surface area contributed by atoms with Crippen LogP contribution < -0.4 is 4.90 Å². The molecular weight excluding hydrogens is 304 g/mol. The van der Waals surface area contributed by atoms with Gasteiger partial charge < -0.3 is 4.90 Å². The molecule has 0 unspecified atom stereocenters. The Morgan fingerprint density at radius 3 is 2.68 bits per heavy atom. The van der Waals surface area contributed by atoms with Gasteiger partial charge in [0.05, 0.1) is 11.0 Å². The number of benzene rings is 3. The SMILES string of the molecule is Cc1ccc2nc3cccc4c3c(c2c1)CN4CCc1ccccc1. The van der Waals surface area contributed by atoms with Crippen LogP contribution in [0, 0.1) is 6.92 Å². The molecule has 0 N–H and O–H groups in total. The molecule has 0 aliphatic carbocycles. The Labute approximate surface area is 147 Å². The summed E-state index contributed by atoms with van der Waals surface area (Å²) >= 11 is 0. The van der Waals surface area contributed by atoms with E-state index in [4.69, 9.17) is 4.98 Å². The number of aryl methyl sites for hydroxylation is 1. The quantitative estimate of drug-likeness (QED) is 0.478. The van der Waals surface area contributed by atoms with Crippen molar-refractivity contribution in [2.45, 2.75) is 19.9 Å². The van der Waals surface area contributed by atoms with Crippen LogP contribution in [-0.2, 0) is 13.0 Å². The number of fused-ring (bicyclic) bond motifs is 2. The molecule has 4 aromatic rings. The number of rotatable bonds is 3. The van der Waals surface area contributed by atoms with Gasteiger partial charge >= 0.3 is 0 Å². The van der Waals surface area contributed by atoms with E-state index in [0.29, 0.717) is 0 Å². The minimum Gasteiger partial charge on any atom is -0.366 e. The van der Waals surface area contributed by atoms with Crippen molar-refractivity contribution in [1.82, 2.24) is 4.98 Å². The summed E-state index contributed by atoms with van der Waals surface area (Å²) in [6.45, 7) is 4.17. The smallest absolute Gasteiger partial charge is 0.0734 e. The molecule has 1 aliphatic heterocycles. The molecule has 2 nitrogen and oxygen atoms in total. The second-order valence-corrected chi connectivity index (χ2v) is 6.94. The highest BCUT2D eigenvalue weighted by atomic mass is 15.1. The third kappa shape index (κ3) is 2.37. The van der Waals surface area contributed by atoms with Crippen LogP contribution in [-0.4, -0.2) is 11.5 Å². The lowest BCUT2D eigenvalue weighted by Crippen LogP contribution is -2.21. The van der Waals surface area contributed by atoms with E-state index in [0.717, 1.165) is 30.5 Å². The van der Waals surface area contributed by atoms with Gasteiger partial charge in [-0.25, -0.2) is 4.98 Å². The molecule has 0 atom stereocenters. The molecule has 25 heavy (non-hydrogen) atoms. The minimum absolute atomic E-state index is 0.977. The first-order chi connectivity index (χ1) is 12.3. The Hall–Kier alpha value is -2.87. The molecule has 0 spiro atoms. The third-order valence-corrected chi connectivity index (χ3v) is 5.24. The van der Waals surface area contributed by atoms with E-state index >= 15 is 0 Å². The first kappa shape index (κ1) is 14.5. The number of hydrogen-bond acceptors (Lipinski definition) is 2. The molecule has 0 saturated heterocycles. The fraction of sp³-hybridized carbons (Fsp3) is 0.174. The molecule has 0 amide bonds. The van der Waals surface area contributed by atoms with Crippen LogP contribution in [0.25, 0.3) is 21.8 Å². The number of nitrogens with zero attached hydrogens (tertiary/aromatic N) is 2. The van der Waals surface area contributed by atoms with Crippen molar-refractivity contribution in [3.8, 4) is 0 Å². The zero-order chi connectivity index (χ0) is 16.8. The van der Waals surface area contributed by atoms with E-state index in [1.165, 1.54) is 33.2 Å². The maximum atomic E-state index is 4.91. The van der Waals surface area contributed by atoms with E-state index < -0.39 is 0 Å². The van der Waals surface area contributed by atoms with Gasteiger partial charge in [0.15, 0.2) is 0 Å². The molecule has 5 rings (SSSR count). The number of hydrogen-bond donors (Lipinski definition) is 0. The Morgan fingerprint density at radius 2 is 1.80 bits per heavy atom. The normalized spacial score (nSPS) is 13.1. The Morgan fingerprint density at radius 1 is 0.920 bits per heavy atom. The van der Waals surface area contributed by atoms with Crippen LogP contribution >= 0.6 is 0 Å². The van der Waals surface area contributed by atoms with E-state index in [9.17, 15) is 0 Å². The summed E-state index contributed by atoms with van der Waals surface area (Å²) in [6.07, 6.45) is 1.07. The average Bonchev–Trinajstić information content (AvgIpc) is 3.02. The summed E-state index contributed by atoms with van der Waals surface area (Å²) in [7, 11) is 0. The Balaban J connectivity index is 1.59. The van der Waals surface area contributed by atoms with E-state index in [1.54, 1.807) is 0 Å². The zero-order valence-electron chi connectivity index (χ0n) is 14.4. The lowest BCUT2D eigenvalue weighted by molar-refractivity contribution is 0.807. The maximum Gasteiger partial charge on any atom is 0.0734 e. The summed E-state index contributed by atoms with van der Waals surface area (Å²) in [5.41, 5.74) is 7.68. The van der Waals surface area contributed by atoms with Crippen LogP contribution in [0.5, 0.6) is 0 Å². The van der Waals surface area contributed by atoms with Crippen LogP contribution in [0.3, 0.4) is 0 Å². The van der Waals surface area contributed by atoms with Crippen molar-refractivity contribution < 1.29 is 0 Å². The summed E-state index contributed by atoms with van der Waals surface area (Å²) < 4.78 is 0. The maximum absolute atomic E-state index is 4.91. The van der Waals surface area contributed by atoms with Gasteiger partial charge in [-0.2, -0.15) is 0 Å². The Bertz CT molecular complexity index is 1080. The first-order valence-electron chi connectivity index (χ1n) is 8.90. The summed E-state index contributed by atoms with van der Waals surface area (Å²) in [5.74, 6) is 0. The molecule has 3 aromatic carbocycles. The lowest BCUT2D eigenvalue weighted by Gasteiger charge is -2.19. The average molecular weight is 324 g/mol. The molecule has 0 radical (unpaired) electrons. The lowest BCUT2D eigenvalue weighted by atomic mass is 10.0. The number of aromatic nitrogens is 1. The summed E-state index contributed by atoms with van der Waals surface area (Å²) in [4.78, 5) is 7.41. The molecular formula is C23H20N2. The van der Waals surface area contributed by atoms with Crippen molar-refractivity contribution in [2.24, 2.45) is 0 Å². The molecule has 0 saturated carbocycles. The predicted octanol–water partition coefficient (Wildman–Crippen LogP) is 5.26. The highest BCUT2D eigenvalue weighted by Gasteiger charge is 2.24. The van der Waals surface area contributed by atoms with Crippen LogP contribution in [0.2, 0.25) is 0 Å². The van der Waals surface area contributed by atoms with Crippen LogP contribution in [0.1, 0.15) is 16.7 Å². The molecule has 2 heterocycles. The second-order valence-electron chi connectivity index (χ2n) is 6.94. The van der Waals surface area contributed by atoms with Crippen molar-refractivity contribution >= 4 is 27.5 Å². The van der Waals surface area contributed by atoms with Gasteiger partial charge in [-0.3, -0.25) is 0 Å². The molecule has 122 valence electrons. The monoisotopic (exact) mass is 324 g/mol. The van der Waals surface area contributed by atoms with Crippen molar-refractivity contribution in [1.29, 1.82) is 0 Å². The van der Waals surface area contributed by atoms with Crippen molar-refractivity contribution in [2.75, 3.05) is 11.4 Å². The summed E-state index contributed by atoms with van der Waals surface area (Å²) in [6, 6.07) is 23.9. The molecule has 2 heteroatoms. The molecule has 0 bridgehead atoms. The predicted molar refractivity (Wildman–Crippen MR) is 105 cm³/mol. The van der Waals surface area contributed by atoms with Crippen LogP contribution in [0.4, 0.5) is 5.69 Å². The topological polar surface area (TPSA) is 16.1 Å². The van der Waals surface area contributed by atoms with Gasteiger partial charge in [-0.05, 0) is 48.7 Å². The van der Waals surface area contributed by atoms with Crippen LogP contribution in [0.15, 0.2) is 66.7 Å². The molecule has 1 aromatic heterocycles. The summed E-state index contributed by atoms with van der Waals surface area (Å²) in [5, 5.41) is 2.65. The highest BCUT2D eigenvalue weighted by molar-refractivity contribution is 6.06. The minimum atomic E-state index is 0.977. The van der Waals surface area contributed by atoms with Crippen molar-refractivity contribution in [3.05, 3.63) is 83.4 Å². The van der Waals surface area contributed by atoms with E-state index in [2.05, 4.69) is 78.6 Å². The fourth-order valence-electron chi connectivity index (χ4n) is 4.00. The Kier molecular flexibility index (Phi) is 3.24. The van der Waals surface area contributed by atoms with Gasteiger partial charge in [-0.1, -0.05) is 48.0 Å². The largest absolute Gasteiger partial charge is 0.366 e. The zero-order valence-corrected chi connectivity index (χ0v) is 14.4. The third-order valence-electron chi connectivity index (χ3n) is 5.24. The van der Waals surface area contributed by atoms with Gasteiger partial charge in [0.25, 0.3) is 0 Å². The standard InChI is InChI=1S/C23H20N2/c1-16-10-11-20-18(14-16)19-15-25(13-12-17-6-3-2-4-7-17)22-9-5-8-21(24-20)23(19)22/h2-11,14H,12-13,15H2,1H3. The second kappa shape index (κ2) is 5.59. The molecule has 1 aliphatic rings. The highest BCUT2D eigenvalue weighted by Crippen LogP contribution is 2.40. The number of anilines is 1. The van der Waals surface area contributed by atoms with Gasteiger partial charge in [0.1, 0.15) is 0 Å². The van der Waals surface area contributed by atoms with Gasteiger partial charge in [-0.15, -0.1) is 0 Å². The van der Waals surface area contributed by atoms with Crippen molar-refractivity contribution in [3.63, 3.8) is 0 Å². The number of pyridine rings is 1. The van der Waals surface area contributed by atoms with E-state index in [1.807, 2.05) is 0 Å². The molecule has 0 fully saturated rings. The van der Waals surface area contributed by atoms with Gasteiger partial charge in [0.2, 0.25) is 0 Å². The fourth-order valence-corrected chi connectivity index (χ4v) is 4.00. The van der Waals surface area contributed by atoms with E-state index in [-0.39, 0.29) is 0 Å².